The van der Waals surface area contributed by atoms with E-state index in [1.165, 1.54) is 0 Å². The molecule has 0 N–H and O–H groups in total. The summed E-state index contributed by atoms with van der Waals surface area (Å²) in [5.41, 5.74) is 1.69. The van der Waals surface area contributed by atoms with Gasteiger partial charge in [0.15, 0.2) is 0 Å². The van der Waals surface area contributed by atoms with E-state index in [1.807, 2.05) is 26.8 Å². The summed E-state index contributed by atoms with van der Waals surface area (Å²) < 4.78 is 11.1. The van der Waals surface area contributed by atoms with Gasteiger partial charge in [-0.1, -0.05) is 0 Å². The largest absolute Gasteiger partial charge is 0.493 e. The third-order valence-electron chi connectivity index (χ3n) is 2.74. The summed E-state index contributed by atoms with van der Waals surface area (Å²) in [6.07, 6.45) is 2.59. The minimum atomic E-state index is -0.163. The van der Waals surface area contributed by atoms with Crippen LogP contribution in [0.1, 0.15) is 31.5 Å². The van der Waals surface area contributed by atoms with Gasteiger partial charge in [0, 0.05) is 37.1 Å². The zero-order chi connectivity index (χ0) is 12.9. The number of nitrogens with zero attached hydrogens (tertiary/aromatic N) is 1. The van der Waals surface area contributed by atoms with Crippen molar-refractivity contribution in [1.82, 2.24) is 4.98 Å². The SMILES string of the molecule is COC(C)(C)CCOc1cc(C)ncc1CCl. The molecule has 1 rings (SSSR count). The van der Waals surface area contributed by atoms with Gasteiger partial charge in [-0.2, -0.15) is 0 Å². The maximum Gasteiger partial charge on any atom is 0.127 e. The quantitative estimate of drug-likeness (QED) is 0.733. The van der Waals surface area contributed by atoms with Crippen LogP contribution in [0.3, 0.4) is 0 Å². The molecule has 0 amide bonds. The first kappa shape index (κ1) is 14.3. The summed E-state index contributed by atoms with van der Waals surface area (Å²) >= 11 is 5.84. The highest BCUT2D eigenvalue weighted by Gasteiger charge is 2.16. The number of hydrogen-bond donors (Lipinski definition) is 0. The summed E-state index contributed by atoms with van der Waals surface area (Å²) in [5, 5.41) is 0. The highest BCUT2D eigenvalue weighted by atomic mass is 35.5. The average molecular weight is 258 g/mol. The molecule has 0 aromatic carbocycles. The third kappa shape index (κ3) is 4.52. The first-order valence-electron chi connectivity index (χ1n) is 5.68. The predicted molar refractivity (Wildman–Crippen MR) is 69.7 cm³/mol. The van der Waals surface area contributed by atoms with Gasteiger partial charge in [-0.25, -0.2) is 0 Å². The van der Waals surface area contributed by atoms with E-state index >= 15 is 0 Å². The lowest BCUT2D eigenvalue weighted by Gasteiger charge is -2.23. The Balaban J connectivity index is 2.59. The number of rotatable bonds is 6. The summed E-state index contributed by atoms with van der Waals surface area (Å²) in [6, 6.07) is 1.91. The van der Waals surface area contributed by atoms with Gasteiger partial charge in [0.25, 0.3) is 0 Å². The Hall–Kier alpha value is -0.800. The van der Waals surface area contributed by atoms with E-state index in [9.17, 15) is 0 Å². The Bertz CT molecular complexity index is 366. The topological polar surface area (TPSA) is 31.4 Å². The van der Waals surface area contributed by atoms with Crippen molar-refractivity contribution in [2.75, 3.05) is 13.7 Å². The fourth-order valence-electron chi connectivity index (χ4n) is 1.31. The van der Waals surface area contributed by atoms with Crippen molar-refractivity contribution in [3.05, 3.63) is 23.5 Å². The number of aromatic nitrogens is 1. The van der Waals surface area contributed by atoms with Crippen LogP contribution in [0.2, 0.25) is 0 Å². The molecule has 0 saturated carbocycles. The van der Waals surface area contributed by atoms with Crippen molar-refractivity contribution in [1.29, 1.82) is 0 Å². The van der Waals surface area contributed by atoms with Gasteiger partial charge in [0.1, 0.15) is 5.75 Å². The number of halogens is 1. The highest BCUT2D eigenvalue weighted by Crippen LogP contribution is 2.22. The van der Waals surface area contributed by atoms with Gasteiger partial charge in [-0.15, -0.1) is 11.6 Å². The number of aryl methyl sites for hydroxylation is 1. The molecule has 0 saturated heterocycles. The fraction of sp³-hybridized carbons (Fsp3) is 0.615. The van der Waals surface area contributed by atoms with Gasteiger partial charge in [0.05, 0.1) is 18.1 Å². The van der Waals surface area contributed by atoms with E-state index in [0.29, 0.717) is 12.5 Å². The van der Waals surface area contributed by atoms with E-state index in [1.54, 1.807) is 13.3 Å². The van der Waals surface area contributed by atoms with Crippen LogP contribution in [-0.4, -0.2) is 24.3 Å². The second-order valence-electron chi connectivity index (χ2n) is 4.63. The summed E-state index contributed by atoms with van der Waals surface area (Å²) in [7, 11) is 1.71. The second kappa shape index (κ2) is 6.22. The van der Waals surface area contributed by atoms with Crippen molar-refractivity contribution < 1.29 is 9.47 Å². The standard InChI is InChI=1S/C13H20ClNO2/c1-10-7-12(11(8-14)9-15-10)17-6-5-13(2,3)16-4/h7,9H,5-6,8H2,1-4H3. The second-order valence-corrected chi connectivity index (χ2v) is 4.90. The van der Waals surface area contributed by atoms with Crippen molar-refractivity contribution in [2.45, 2.75) is 38.7 Å². The van der Waals surface area contributed by atoms with Crippen LogP contribution in [-0.2, 0) is 10.6 Å². The lowest BCUT2D eigenvalue weighted by molar-refractivity contribution is 0.00538. The fourth-order valence-corrected chi connectivity index (χ4v) is 1.51. The number of hydrogen-bond acceptors (Lipinski definition) is 3. The van der Waals surface area contributed by atoms with Gasteiger partial charge in [-0.05, 0) is 20.8 Å². The molecule has 17 heavy (non-hydrogen) atoms. The van der Waals surface area contributed by atoms with Gasteiger partial charge < -0.3 is 9.47 Å². The van der Waals surface area contributed by atoms with Crippen LogP contribution in [0.15, 0.2) is 12.3 Å². The minimum absolute atomic E-state index is 0.163. The Labute approximate surface area is 108 Å². The highest BCUT2D eigenvalue weighted by molar-refractivity contribution is 6.17. The molecule has 0 aliphatic heterocycles. The predicted octanol–water partition coefficient (Wildman–Crippen LogP) is 3.32. The van der Waals surface area contributed by atoms with Gasteiger partial charge in [0.2, 0.25) is 0 Å². The monoisotopic (exact) mass is 257 g/mol. The third-order valence-corrected chi connectivity index (χ3v) is 3.03. The van der Waals surface area contributed by atoms with Crippen LogP contribution in [0.4, 0.5) is 0 Å². The number of methoxy groups -OCH3 is 1. The van der Waals surface area contributed by atoms with Crippen LogP contribution >= 0.6 is 11.6 Å². The Morgan fingerprint density at radius 3 is 2.71 bits per heavy atom. The molecule has 1 heterocycles. The molecular formula is C13H20ClNO2. The zero-order valence-electron chi connectivity index (χ0n) is 10.9. The molecular weight excluding hydrogens is 238 g/mol. The van der Waals surface area contributed by atoms with Gasteiger partial charge in [-0.3, -0.25) is 4.98 Å². The molecule has 3 nitrogen and oxygen atoms in total. The van der Waals surface area contributed by atoms with E-state index in [0.717, 1.165) is 23.4 Å². The Morgan fingerprint density at radius 2 is 2.12 bits per heavy atom. The summed E-state index contributed by atoms with van der Waals surface area (Å²) in [5.74, 6) is 1.23. The van der Waals surface area contributed by atoms with Crippen molar-refractivity contribution in [2.24, 2.45) is 0 Å². The van der Waals surface area contributed by atoms with E-state index in [2.05, 4.69) is 4.98 Å². The van der Waals surface area contributed by atoms with E-state index in [-0.39, 0.29) is 5.60 Å². The van der Waals surface area contributed by atoms with Crippen molar-refractivity contribution in [3.8, 4) is 5.75 Å². The Kier molecular flexibility index (Phi) is 5.22. The normalized spacial score (nSPS) is 11.6. The van der Waals surface area contributed by atoms with Crippen LogP contribution in [0, 0.1) is 6.92 Å². The average Bonchev–Trinajstić information content (AvgIpc) is 2.29. The molecule has 96 valence electrons. The molecule has 0 fully saturated rings. The van der Waals surface area contributed by atoms with Crippen LogP contribution in [0.5, 0.6) is 5.75 Å². The molecule has 4 heteroatoms. The number of ether oxygens (including phenoxy) is 2. The molecule has 1 aromatic heterocycles. The lowest BCUT2D eigenvalue weighted by atomic mass is 10.1. The van der Waals surface area contributed by atoms with Crippen LogP contribution in [0.25, 0.3) is 0 Å². The first-order valence-corrected chi connectivity index (χ1v) is 6.21. The number of alkyl halides is 1. The smallest absolute Gasteiger partial charge is 0.127 e. The molecule has 0 radical (unpaired) electrons. The van der Waals surface area contributed by atoms with Crippen molar-refractivity contribution >= 4 is 11.6 Å². The van der Waals surface area contributed by atoms with Crippen LogP contribution < -0.4 is 4.74 Å². The molecule has 0 aliphatic carbocycles. The van der Waals surface area contributed by atoms with Crippen molar-refractivity contribution in [3.63, 3.8) is 0 Å². The summed E-state index contributed by atoms with van der Waals surface area (Å²) in [6.45, 7) is 6.62. The maximum absolute atomic E-state index is 5.84. The Morgan fingerprint density at radius 1 is 1.41 bits per heavy atom. The zero-order valence-corrected chi connectivity index (χ0v) is 11.7. The maximum atomic E-state index is 5.84. The van der Waals surface area contributed by atoms with E-state index in [4.69, 9.17) is 21.1 Å². The lowest BCUT2D eigenvalue weighted by Crippen LogP contribution is -2.25. The first-order chi connectivity index (χ1) is 7.98. The molecule has 0 aliphatic rings. The summed E-state index contributed by atoms with van der Waals surface area (Å²) in [4.78, 5) is 4.19. The molecule has 0 spiro atoms. The molecule has 0 unspecified atom stereocenters. The number of pyridine rings is 1. The molecule has 1 aromatic rings. The van der Waals surface area contributed by atoms with E-state index < -0.39 is 0 Å². The molecule has 0 atom stereocenters. The van der Waals surface area contributed by atoms with Gasteiger partial charge >= 0.3 is 0 Å². The molecule has 0 bridgehead atoms. The minimum Gasteiger partial charge on any atom is -0.493 e.